The second kappa shape index (κ2) is 5.49. The van der Waals surface area contributed by atoms with E-state index in [4.69, 9.17) is 9.84 Å². The number of carbonyl (C=O) groups is 2. The Morgan fingerprint density at radius 2 is 2.19 bits per heavy atom. The lowest BCUT2D eigenvalue weighted by Gasteiger charge is -2.30. The third kappa shape index (κ3) is 2.71. The summed E-state index contributed by atoms with van der Waals surface area (Å²) < 4.78 is 5.12. The molecule has 0 spiro atoms. The van der Waals surface area contributed by atoms with Gasteiger partial charge in [0.1, 0.15) is 0 Å². The van der Waals surface area contributed by atoms with Crippen LogP contribution in [0.25, 0.3) is 10.9 Å². The molecule has 1 N–H and O–H groups in total. The van der Waals surface area contributed by atoms with E-state index in [0.29, 0.717) is 12.1 Å². The molecule has 108 valence electrons. The maximum absolute atomic E-state index is 12.5. The van der Waals surface area contributed by atoms with E-state index in [0.717, 1.165) is 10.9 Å². The fourth-order valence-corrected chi connectivity index (χ4v) is 2.37. The highest BCUT2D eigenvalue weighted by molar-refractivity contribution is 5.98. The van der Waals surface area contributed by atoms with Crippen molar-refractivity contribution in [1.29, 1.82) is 0 Å². The van der Waals surface area contributed by atoms with Crippen molar-refractivity contribution in [3.8, 4) is 0 Å². The van der Waals surface area contributed by atoms with Crippen molar-refractivity contribution in [2.24, 2.45) is 0 Å². The van der Waals surface area contributed by atoms with Crippen molar-refractivity contribution >= 4 is 22.8 Å². The minimum absolute atomic E-state index is 0.0687. The van der Waals surface area contributed by atoms with E-state index in [-0.39, 0.29) is 19.1 Å². The van der Waals surface area contributed by atoms with Crippen molar-refractivity contribution in [1.82, 2.24) is 9.88 Å². The van der Waals surface area contributed by atoms with Gasteiger partial charge in [-0.1, -0.05) is 6.07 Å². The van der Waals surface area contributed by atoms with Gasteiger partial charge < -0.3 is 14.7 Å². The number of aromatic nitrogens is 1. The highest BCUT2D eigenvalue weighted by Gasteiger charge is 2.29. The predicted molar refractivity (Wildman–Crippen MR) is 75.0 cm³/mol. The number of hydrogen-bond donors (Lipinski definition) is 1. The number of morpholine rings is 1. The number of carbonyl (C=O) groups excluding carboxylic acids is 1. The number of pyridine rings is 1. The standard InChI is InChI=1S/C15H14N2O4/c18-14(17-6-7-21-13(9-17)15(19)20)11-3-4-12-10(8-11)2-1-5-16-12/h1-5,8,13H,6-7,9H2,(H,19,20). The van der Waals surface area contributed by atoms with E-state index in [1.807, 2.05) is 12.1 Å². The molecule has 1 fully saturated rings. The second-order valence-electron chi connectivity index (χ2n) is 4.86. The lowest BCUT2D eigenvalue weighted by molar-refractivity contribution is -0.154. The molecule has 0 bridgehead atoms. The number of carboxylic acids is 1. The van der Waals surface area contributed by atoms with Gasteiger partial charge in [0.05, 0.1) is 18.7 Å². The molecule has 2 heterocycles. The first kappa shape index (κ1) is 13.5. The molecule has 6 nitrogen and oxygen atoms in total. The van der Waals surface area contributed by atoms with Crippen molar-refractivity contribution < 1.29 is 19.4 Å². The van der Waals surface area contributed by atoms with Gasteiger partial charge in [0.15, 0.2) is 6.10 Å². The maximum Gasteiger partial charge on any atom is 0.334 e. The molecule has 2 aromatic rings. The second-order valence-corrected chi connectivity index (χ2v) is 4.86. The van der Waals surface area contributed by atoms with Gasteiger partial charge in [-0.3, -0.25) is 9.78 Å². The predicted octanol–water partition coefficient (Wildman–Crippen LogP) is 1.16. The lowest BCUT2D eigenvalue weighted by Crippen LogP contribution is -2.48. The molecule has 0 saturated carbocycles. The number of nitrogens with zero attached hydrogens (tertiary/aromatic N) is 2. The maximum atomic E-state index is 12.5. The van der Waals surface area contributed by atoms with Crippen LogP contribution >= 0.6 is 0 Å². The van der Waals surface area contributed by atoms with Crippen LogP contribution in [-0.2, 0) is 9.53 Å². The van der Waals surface area contributed by atoms with Crippen LogP contribution in [0.1, 0.15) is 10.4 Å². The Morgan fingerprint density at radius 3 is 3.00 bits per heavy atom. The SMILES string of the molecule is O=C(O)C1CN(C(=O)c2ccc3ncccc3c2)CCO1. The molecule has 1 atom stereocenters. The van der Waals surface area contributed by atoms with Gasteiger partial charge in [-0.05, 0) is 24.3 Å². The Hall–Kier alpha value is -2.47. The van der Waals surface area contributed by atoms with Crippen LogP contribution in [-0.4, -0.2) is 52.7 Å². The third-order valence-corrected chi connectivity index (χ3v) is 3.48. The van der Waals surface area contributed by atoms with Gasteiger partial charge in [0, 0.05) is 23.7 Å². The molecule has 1 unspecified atom stereocenters. The highest BCUT2D eigenvalue weighted by atomic mass is 16.5. The molecular weight excluding hydrogens is 272 g/mol. The Labute approximate surface area is 121 Å². The number of hydrogen-bond acceptors (Lipinski definition) is 4. The summed E-state index contributed by atoms with van der Waals surface area (Å²) in [5.41, 5.74) is 1.35. The van der Waals surface area contributed by atoms with Gasteiger partial charge in [0.2, 0.25) is 0 Å². The van der Waals surface area contributed by atoms with Gasteiger partial charge in [-0.25, -0.2) is 4.79 Å². The number of fused-ring (bicyclic) bond motifs is 1. The summed E-state index contributed by atoms with van der Waals surface area (Å²) in [4.78, 5) is 29.2. The Bertz CT molecular complexity index is 701. The van der Waals surface area contributed by atoms with Crippen LogP contribution in [0.5, 0.6) is 0 Å². The fourth-order valence-electron chi connectivity index (χ4n) is 2.37. The lowest BCUT2D eigenvalue weighted by atomic mass is 10.1. The summed E-state index contributed by atoms with van der Waals surface area (Å²) >= 11 is 0. The number of benzene rings is 1. The van der Waals surface area contributed by atoms with Crippen molar-refractivity contribution in [2.75, 3.05) is 19.7 Å². The van der Waals surface area contributed by atoms with Crippen LogP contribution in [0.3, 0.4) is 0 Å². The van der Waals surface area contributed by atoms with Crippen LogP contribution in [0.2, 0.25) is 0 Å². The molecule has 0 aliphatic carbocycles. The highest BCUT2D eigenvalue weighted by Crippen LogP contribution is 2.16. The van der Waals surface area contributed by atoms with E-state index in [2.05, 4.69) is 4.98 Å². The Balaban J connectivity index is 1.84. The summed E-state index contributed by atoms with van der Waals surface area (Å²) in [7, 11) is 0. The van der Waals surface area contributed by atoms with E-state index >= 15 is 0 Å². The van der Waals surface area contributed by atoms with Gasteiger partial charge >= 0.3 is 5.97 Å². The largest absolute Gasteiger partial charge is 0.479 e. The summed E-state index contributed by atoms with van der Waals surface area (Å²) in [6.45, 7) is 0.699. The van der Waals surface area contributed by atoms with Crippen molar-refractivity contribution in [3.63, 3.8) is 0 Å². The Morgan fingerprint density at radius 1 is 1.33 bits per heavy atom. The molecule has 6 heteroatoms. The number of aliphatic carboxylic acids is 1. The molecule has 0 radical (unpaired) electrons. The van der Waals surface area contributed by atoms with Crippen LogP contribution < -0.4 is 0 Å². The molecule has 1 aliphatic heterocycles. The average Bonchev–Trinajstić information content (AvgIpc) is 2.53. The van der Waals surface area contributed by atoms with E-state index in [1.165, 1.54) is 4.90 Å². The normalized spacial score (nSPS) is 18.7. The first-order valence-electron chi connectivity index (χ1n) is 6.63. The zero-order valence-electron chi connectivity index (χ0n) is 11.2. The quantitative estimate of drug-likeness (QED) is 0.896. The zero-order valence-corrected chi connectivity index (χ0v) is 11.2. The van der Waals surface area contributed by atoms with Crippen LogP contribution in [0.4, 0.5) is 0 Å². The first-order chi connectivity index (χ1) is 10.1. The monoisotopic (exact) mass is 286 g/mol. The summed E-state index contributed by atoms with van der Waals surface area (Å²) in [6.07, 6.45) is 0.744. The van der Waals surface area contributed by atoms with Crippen LogP contribution in [0.15, 0.2) is 36.5 Å². The molecule has 1 aromatic carbocycles. The molecule has 1 saturated heterocycles. The first-order valence-corrected chi connectivity index (χ1v) is 6.63. The third-order valence-electron chi connectivity index (χ3n) is 3.48. The number of ether oxygens (including phenoxy) is 1. The minimum Gasteiger partial charge on any atom is -0.479 e. The molecule has 1 aliphatic rings. The smallest absolute Gasteiger partial charge is 0.334 e. The molecule has 21 heavy (non-hydrogen) atoms. The molecule has 1 amide bonds. The summed E-state index contributed by atoms with van der Waals surface area (Å²) in [5.74, 6) is -1.23. The number of carboxylic acid groups (broad SMARTS) is 1. The van der Waals surface area contributed by atoms with Crippen molar-refractivity contribution in [3.05, 3.63) is 42.1 Å². The summed E-state index contributed by atoms with van der Waals surface area (Å²) in [6, 6.07) is 8.97. The molecular formula is C15H14N2O4. The Kier molecular flexibility index (Phi) is 3.53. The minimum atomic E-state index is -1.05. The zero-order chi connectivity index (χ0) is 14.8. The van der Waals surface area contributed by atoms with Gasteiger partial charge in [-0.2, -0.15) is 0 Å². The number of amides is 1. The van der Waals surface area contributed by atoms with E-state index < -0.39 is 12.1 Å². The van der Waals surface area contributed by atoms with E-state index in [9.17, 15) is 9.59 Å². The average molecular weight is 286 g/mol. The van der Waals surface area contributed by atoms with Gasteiger partial charge in [0.25, 0.3) is 5.91 Å². The van der Waals surface area contributed by atoms with Gasteiger partial charge in [-0.15, -0.1) is 0 Å². The topological polar surface area (TPSA) is 79.7 Å². The van der Waals surface area contributed by atoms with Crippen LogP contribution in [0, 0.1) is 0 Å². The van der Waals surface area contributed by atoms with Crippen molar-refractivity contribution in [2.45, 2.75) is 6.10 Å². The molecule has 3 rings (SSSR count). The molecule has 1 aromatic heterocycles. The number of rotatable bonds is 2. The van der Waals surface area contributed by atoms with E-state index in [1.54, 1.807) is 24.4 Å². The summed E-state index contributed by atoms with van der Waals surface area (Å²) in [5, 5.41) is 9.86. The fraction of sp³-hybridized carbons (Fsp3) is 0.267.